The van der Waals surface area contributed by atoms with Gasteiger partial charge in [0.05, 0.1) is 12.6 Å². The van der Waals surface area contributed by atoms with Gasteiger partial charge in [-0.05, 0) is 31.2 Å². The normalized spacial score (nSPS) is 21.2. The Kier molecular flexibility index (Phi) is 4.48. The van der Waals surface area contributed by atoms with Gasteiger partial charge in [0.25, 0.3) is 0 Å². The number of nitrogens with zero attached hydrogens (tertiary/aromatic N) is 5. The third-order valence-electron chi connectivity index (χ3n) is 4.08. The summed E-state index contributed by atoms with van der Waals surface area (Å²) in [6.07, 6.45) is -0.292. The molecule has 0 N–H and O–H groups in total. The molecule has 4 rings (SSSR count). The lowest BCUT2D eigenvalue weighted by Gasteiger charge is -2.34. The van der Waals surface area contributed by atoms with Crippen LogP contribution in [0.2, 0.25) is 0 Å². The Morgan fingerprint density at radius 1 is 1.19 bits per heavy atom. The Morgan fingerprint density at radius 3 is 2.73 bits per heavy atom. The van der Waals surface area contributed by atoms with E-state index >= 15 is 0 Å². The number of benzene rings is 1. The monoisotopic (exact) mass is 359 g/mol. The maximum absolute atomic E-state index is 13.0. The fourth-order valence-electron chi connectivity index (χ4n) is 2.97. The van der Waals surface area contributed by atoms with E-state index in [0.29, 0.717) is 42.1 Å². The third kappa shape index (κ3) is 3.63. The zero-order valence-corrected chi connectivity index (χ0v) is 14.4. The lowest BCUT2D eigenvalue weighted by molar-refractivity contribution is -0.0935. The first-order valence-corrected chi connectivity index (χ1v) is 8.33. The van der Waals surface area contributed by atoms with Crippen LogP contribution in [0.15, 0.2) is 33.2 Å². The standard InChI is InChI=1S/C17H18FN5O3/c1-10-7-23(8-14(24-10)17-21-20-11(2)25-17)9-15-19-16(22-26-15)12-3-5-13(18)6-4-12/h3-6,10,14H,7-9H2,1-2H3/t10-,14-/m1/s1. The number of hydrogen-bond donors (Lipinski definition) is 0. The molecule has 3 heterocycles. The molecule has 3 aromatic rings. The Hall–Kier alpha value is -2.65. The molecule has 1 fully saturated rings. The highest BCUT2D eigenvalue weighted by atomic mass is 19.1. The molecule has 1 aliphatic heterocycles. The van der Waals surface area contributed by atoms with Crippen LogP contribution in [0.1, 0.15) is 30.7 Å². The average molecular weight is 359 g/mol. The molecule has 1 aromatic carbocycles. The van der Waals surface area contributed by atoms with Crippen molar-refractivity contribution in [1.29, 1.82) is 0 Å². The summed E-state index contributed by atoms with van der Waals surface area (Å²) in [5.74, 6) is 1.59. The van der Waals surface area contributed by atoms with Gasteiger partial charge < -0.3 is 13.7 Å². The number of aromatic nitrogens is 4. The summed E-state index contributed by atoms with van der Waals surface area (Å²) in [5, 5.41) is 11.9. The maximum Gasteiger partial charge on any atom is 0.246 e. The van der Waals surface area contributed by atoms with Gasteiger partial charge in [-0.2, -0.15) is 4.98 Å². The minimum Gasteiger partial charge on any atom is -0.423 e. The summed E-state index contributed by atoms with van der Waals surface area (Å²) in [5.41, 5.74) is 0.705. The molecule has 2 aromatic heterocycles. The van der Waals surface area contributed by atoms with Crippen LogP contribution in [-0.2, 0) is 11.3 Å². The molecule has 26 heavy (non-hydrogen) atoms. The fraction of sp³-hybridized carbons (Fsp3) is 0.412. The van der Waals surface area contributed by atoms with Crippen LogP contribution >= 0.6 is 0 Å². The summed E-state index contributed by atoms with van der Waals surface area (Å²) >= 11 is 0. The topological polar surface area (TPSA) is 90.3 Å². The second-order valence-corrected chi connectivity index (χ2v) is 6.31. The highest BCUT2D eigenvalue weighted by molar-refractivity contribution is 5.53. The quantitative estimate of drug-likeness (QED) is 0.702. The van der Waals surface area contributed by atoms with E-state index in [9.17, 15) is 4.39 Å². The summed E-state index contributed by atoms with van der Waals surface area (Å²) < 4.78 is 29.8. The Morgan fingerprint density at radius 2 is 2.00 bits per heavy atom. The van der Waals surface area contributed by atoms with Gasteiger partial charge >= 0.3 is 0 Å². The molecule has 136 valence electrons. The van der Waals surface area contributed by atoms with Crippen LogP contribution < -0.4 is 0 Å². The van der Waals surface area contributed by atoms with E-state index < -0.39 is 0 Å². The lowest BCUT2D eigenvalue weighted by atomic mass is 10.2. The molecule has 0 radical (unpaired) electrons. The first-order chi connectivity index (χ1) is 12.6. The molecule has 1 aliphatic rings. The van der Waals surface area contributed by atoms with Crippen LogP contribution in [0.25, 0.3) is 11.4 Å². The minimum atomic E-state index is -0.304. The molecule has 0 unspecified atom stereocenters. The van der Waals surface area contributed by atoms with Crippen LogP contribution in [-0.4, -0.2) is 44.4 Å². The molecule has 0 amide bonds. The fourth-order valence-corrected chi connectivity index (χ4v) is 2.97. The molecular formula is C17H18FN5O3. The van der Waals surface area contributed by atoms with E-state index in [1.54, 1.807) is 19.1 Å². The second-order valence-electron chi connectivity index (χ2n) is 6.31. The van der Waals surface area contributed by atoms with Crippen LogP contribution in [0.4, 0.5) is 4.39 Å². The SMILES string of the molecule is Cc1nnc([C@H]2CN(Cc3nc(-c4ccc(F)cc4)no3)C[C@@H](C)O2)o1. The Labute approximate surface area is 149 Å². The van der Waals surface area contributed by atoms with Gasteiger partial charge in [-0.3, -0.25) is 4.90 Å². The van der Waals surface area contributed by atoms with E-state index in [1.165, 1.54) is 12.1 Å². The van der Waals surface area contributed by atoms with Crippen LogP contribution in [0.5, 0.6) is 0 Å². The van der Waals surface area contributed by atoms with E-state index in [0.717, 1.165) is 6.54 Å². The summed E-state index contributed by atoms with van der Waals surface area (Å²) in [4.78, 5) is 6.54. The van der Waals surface area contributed by atoms with E-state index in [1.807, 2.05) is 6.92 Å². The van der Waals surface area contributed by atoms with Crippen molar-refractivity contribution in [1.82, 2.24) is 25.2 Å². The van der Waals surface area contributed by atoms with Gasteiger partial charge in [0, 0.05) is 25.6 Å². The number of hydrogen-bond acceptors (Lipinski definition) is 8. The zero-order valence-electron chi connectivity index (χ0n) is 14.4. The molecular weight excluding hydrogens is 341 g/mol. The van der Waals surface area contributed by atoms with Crippen molar-refractivity contribution in [3.05, 3.63) is 47.8 Å². The van der Waals surface area contributed by atoms with Gasteiger partial charge in [0.2, 0.25) is 23.5 Å². The highest BCUT2D eigenvalue weighted by Gasteiger charge is 2.31. The first kappa shape index (κ1) is 16.8. The third-order valence-corrected chi connectivity index (χ3v) is 4.08. The molecule has 2 atom stereocenters. The van der Waals surface area contributed by atoms with Gasteiger partial charge in [-0.1, -0.05) is 5.16 Å². The molecule has 0 aliphatic carbocycles. The van der Waals surface area contributed by atoms with Crippen molar-refractivity contribution in [2.24, 2.45) is 0 Å². The molecule has 9 heteroatoms. The Bertz CT molecular complexity index is 879. The average Bonchev–Trinajstić information content (AvgIpc) is 3.24. The first-order valence-electron chi connectivity index (χ1n) is 8.33. The van der Waals surface area contributed by atoms with Crippen molar-refractivity contribution < 1.29 is 18.1 Å². The highest BCUT2D eigenvalue weighted by Crippen LogP contribution is 2.25. The Balaban J connectivity index is 1.45. The minimum absolute atomic E-state index is 0.000413. The van der Waals surface area contributed by atoms with Gasteiger partial charge in [0.1, 0.15) is 11.9 Å². The number of morpholine rings is 1. The van der Waals surface area contributed by atoms with Crippen molar-refractivity contribution >= 4 is 0 Å². The van der Waals surface area contributed by atoms with Crippen molar-refractivity contribution in [2.75, 3.05) is 13.1 Å². The molecule has 8 nitrogen and oxygen atoms in total. The molecule has 1 saturated heterocycles. The predicted molar refractivity (Wildman–Crippen MR) is 87.3 cm³/mol. The number of ether oxygens (including phenoxy) is 1. The smallest absolute Gasteiger partial charge is 0.246 e. The number of aryl methyl sites for hydroxylation is 1. The van der Waals surface area contributed by atoms with E-state index in [2.05, 4.69) is 25.2 Å². The summed E-state index contributed by atoms with van der Waals surface area (Å²) in [6.45, 7) is 5.51. The van der Waals surface area contributed by atoms with E-state index in [-0.39, 0.29) is 18.0 Å². The number of rotatable bonds is 4. The van der Waals surface area contributed by atoms with Crippen LogP contribution in [0, 0.1) is 12.7 Å². The second kappa shape index (κ2) is 6.93. The summed E-state index contributed by atoms with van der Waals surface area (Å²) in [6, 6.07) is 5.97. The maximum atomic E-state index is 13.0. The van der Waals surface area contributed by atoms with Gasteiger partial charge in [-0.25, -0.2) is 4.39 Å². The van der Waals surface area contributed by atoms with Gasteiger partial charge in [-0.15, -0.1) is 10.2 Å². The van der Waals surface area contributed by atoms with Crippen molar-refractivity contribution in [2.45, 2.75) is 32.6 Å². The van der Waals surface area contributed by atoms with Crippen molar-refractivity contribution in [3.63, 3.8) is 0 Å². The predicted octanol–water partition coefficient (Wildman–Crippen LogP) is 2.53. The molecule has 0 saturated carbocycles. The van der Waals surface area contributed by atoms with Crippen molar-refractivity contribution in [3.8, 4) is 11.4 Å². The van der Waals surface area contributed by atoms with Gasteiger partial charge in [0.15, 0.2) is 0 Å². The lowest BCUT2D eigenvalue weighted by Crippen LogP contribution is -2.42. The molecule has 0 bridgehead atoms. The number of halogens is 1. The summed E-state index contributed by atoms with van der Waals surface area (Å²) in [7, 11) is 0. The largest absolute Gasteiger partial charge is 0.423 e. The van der Waals surface area contributed by atoms with E-state index in [4.69, 9.17) is 13.7 Å². The van der Waals surface area contributed by atoms with Crippen LogP contribution in [0.3, 0.4) is 0 Å². The zero-order chi connectivity index (χ0) is 18.1. The molecule has 0 spiro atoms.